The monoisotopic (exact) mass is 279 g/mol. The summed E-state index contributed by atoms with van der Waals surface area (Å²) < 4.78 is 38.0. The second-order valence-electron chi connectivity index (χ2n) is 4.28. The summed E-state index contributed by atoms with van der Waals surface area (Å²) in [5, 5.41) is 0. The van der Waals surface area contributed by atoms with E-state index in [1.165, 1.54) is 12.3 Å². The molecule has 0 fully saturated rings. The molecular formula is C13H8F3N3O. The summed E-state index contributed by atoms with van der Waals surface area (Å²) in [7, 11) is 0. The second-order valence-corrected chi connectivity index (χ2v) is 4.28. The molecule has 2 N–H and O–H groups in total. The minimum absolute atomic E-state index is 0.366. The van der Waals surface area contributed by atoms with Gasteiger partial charge in [-0.25, -0.2) is 9.78 Å². The zero-order valence-corrected chi connectivity index (χ0v) is 9.95. The molecule has 0 saturated carbocycles. The van der Waals surface area contributed by atoms with E-state index >= 15 is 0 Å². The number of alkyl halides is 3. The van der Waals surface area contributed by atoms with Gasteiger partial charge in [0.1, 0.15) is 0 Å². The van der Waals surface area contributed by atoms with E-state index in [0.29, 0.717) is 22.3 Å². The van der Waals surface area contributed by atoms with Crippen LogP contribution in [-0.4, -0.2) is 15.0 Å². The van der Waals surface area contributed by atoms with Crippen LogP contribution in [0, 0.1) is 0 Å². The lowest BCUT2D eigenvalue weighted by Crippen LogP contribution is -2.04. The second kappa shape index (κ2) is 4.22. The highest BCUT2D eigenvalue weighted by Gasteiger charge is 2.30. The van der Waals surface area contributed by atoms with E-state index in [-0.39, 0.29) is 0 Å². The van der Waals surface area contributed by atoms with E-state index < -0.39 is 17.4 Å². The third-order valence-electron chi connectivity index (χ3n) is 2.89. The van der Waals surface area contributed by atoms with Gasteiger partial charge in [-0.15, -0.1) is 0 Å². The summed E-state index contributed by atoms with van der Waals surface area (Å²) in [4.78, 5) is 20.1. The highest BCUT2D eigenvalue weighted by atomic mass is 19.4. The SMILES string of the molecule is O=c1[nH]c2cc(-c3cccc(C(F)(F)F)c3)cnc2[nH]1. The average Bonchev–Trinajstić information content (AvgIpc) is 2.77. The molecule has 0 atom stereocenters. The molecule has 2 heterocycles. The first-order valence-electron chi connectivity index (χ1n) is 5.69. The molecule has 3 rings (SSSR count). The Morgan fingerprint density at radius 3 is 2.60 bits per heavy atom. The first-order valence-corrected chi connectivity index (χ1v) is 5.69. The molecule has 102 valence electrons. The lowest BCUT2D eigenvalue weighted by Gasteiger charge is -2.08. The number of fused-ring (bicyclic) bond motifs is 1. The third kappa shape index (κ3) is 2.18. The molecule has 0 aliphatic carbocycles. The van der Waals surface area contributed by atoms with Crippen LogP contribution in [0.5, 0.6) is 0 Å². The Labute approximate surface area is 110 Å². The van der Waals surface area contributed by atoms with Crippen LogP contribution in [0.3, 0.4) is 0 Å². The van der Waals surface area contributed by atoms with Gasteiger partial charge in [0.15, 0.2) is 5.65 Å². The lowest BCUT2D eigenvalue weighted by atomic mass is 10.0. The lowest BCUT2D eigenvalue weighted by molar-refractivity contribution is -0.137. The Balaban J connectivity index is 2.12. The molecule has 0 spiro atoms. The molecule has 0 saturated heterocycles. The largest absolute Gasteiger partial charge is 0.416 e. The number of H-pyrrole nitrogens is 2. The molecule has 2 aromatic heterocycles. The van der Waals surface area contributed by atoms with Gasteiger partial charge in [0.05, 0.1) is 11.1 Å². The number of halogens is 3. The van der Waals surface area contributed by atoms with Gasteiger partial charge in [-0.1, -0.05) is 12.1 Å². The van der Waals surface area contributed by atoms with Crippen LogP contribution >= 0.6 is 0 Å². The van der Waals surface area contributed by atoms with Crippen molar-refractivity contribution in [3.8, 4) is 11.1 Å². The van der Waals surface area contributed by atoms with Gasteiger partial charge < -0.3 is 4.98 Å². The molecule has 7 heteroatoms. The topological polar surface area (TPSA) is 61.5 Å². The van der Waals surface area contributed by atoms with Crippen molar-refractivity contribution in [3.63, 3.8) is 0 Å². The van der Waals surface area contributed by atoms with Crippen molar-refractivity contribution in [3.05, 3.63) is 52.6 Å². The predicted octanol–water partition coefficient (Wildman–Crippen LogP) is 2.94. The molecule has 4 nitrogen and oxygen atoms in total. The fourth-order valence-corrected chi connectivity index (χ4v) is 1.95. The highest BCUT2D eigenvalue weighted by Crippen LogP contribution is 2.32. The van der Waals surface area contributed by atoms with Crippen molar-refractivity contribution in [1.29, 1.82) is 0 Å². The quantitative estimate of drug-likeness (QED) is 0.719. The van der Waals surface area contributed by atoms with Crippen LogP contribution in [0.15, 0.2) is 41.3 Å². The number of benzene rings is 1. The summed E-state index contributed by atoms with van der Waals surface area (Å²) in [6.45, 7) is 0. The van der Waals surface area contributed by atoms with E-state index in [1.54, 1.807) is 12.1 Å². The molecule has 20 heavy (non-hydrogen) atoms. The average molecular weight is 279 g/mol. The number of pyridine rings is 1. The molecular weight excluding hydrogens is 271 g/mol. The van der Waals surface area contributed by atoms with Gasteiger partial charge in [-0.2, -0.15) is 13.2 Å². The Kier molecular flexibility index (Phi) is 2.63. The number of aromatic nitrogens is 3. The summed E-state index contributed by atoms with van der Waals surface area (Å²) in [6, 6.07) is 6.53. The minimum atomic E-state index is -4.39. The van der Waals surface area contributed by atoms with Gasteiger partial charge in [-0.3, -0.25) is 4.98 Å². The minimum Gasteiger partial charge on any atom is -0.304 e. The van der Waals surface area contributed by atoms with Crippen LogP contribution < -0.4 is 5.69 Å². The predicted molar refractivity (Wildman–Crippen MR) is 67.2 cm³/mol. The van der Waals surface area contributed by atoms with Crippen LogP contribution in [0.25, 0.3) is 22.3 Å². The molecule has 0 amide bonds. The number of hydrogen-bond acceptors (Lipinski definition) is 2. The third-order valence-corrected chi connectivity index (χ3v) is 2.89. The maximum Gasteiger partial charge on any atom is 0.416 e. The maximum absolute atomic E-state index is 12.7. The van der Waals surface area contributed by atoms with Crippen molar-refractivity contribution in [2.75, 3.05) is 0 Å². The van der Waals surface area contributed by atoms with Crippen LogP contribution in [0.4, 0.5) is 13.2 Å². The molecule has 0 bridgehead atoms. The number of rotatable bonds is 1. The van der Waals surface area contributed by atoms with Gasteiger partial charge in [0, 0.05) is 11.8 Å². The van der Waals surface area contributed by atoms with Gasteiger partial charge in [0.25, 0.3) is 0 Å². The van der Waals surface area contributed by atoms with Crippen molar-refractivity contribution >= 4 is 11.2 Å². The number of imidazole rings is 1. The first-order chi connectivity index (χ1) is 9.43. The summed E-state index contributed by atoms with van der Waals surface area (Å²) in [5.74, 6) is 0. The maximum atomic E-state index is 12.7. The molecule has 0 aliphatic heterocycles. The Morgan fingerprint density at radius 1 is 1.05 bits per heavy atom. The van der Waals surface area contributed by atoms with E-state index in [4.69, 9.17) is 0 Å². The van der Waals surface area contributed by atoms with Gasteiger partial charge in [-0.05, 0) is 23.8 Å². The molecule has 1 aromatic carbocycles. The van der Waals surface area contributed by atoms with E-state index in [9.17, 15) is 18.0 Å². The number of aromatic amines is 2. The van der Waals surface area contributed by atoms with Gasteiger partial charge in [0.2, 0.25) is 0 Å². The van der Waals surface area contributed by atoms with Crippen molar-refractivity contribution < 1.29 is 13.2 Å². The summed E-state index contributed by atoms with van der Waals surface area (Å²) in [6.07, 6.45) is -2.97. The number of nitrogens with zero attached hydrogens (tertiary/aromatic N) is 1. The Morgan fingerprint density at radius 2 is 1.85 bits per heavy atom. The summed E-state index contributed by atoms with van der Waals surface area (Å²) >= 11 is 0. The van der Waals surface area contributed by atoms with Crippen LogP contribution in [0.2, 0.25) is 0 Å². The van der Waals surface area contributed by atoms with Crippen molar-refractivity contribution in [2.24, 2.45) is 0 Å². The van der Waals surface area contributed by atoms with Gasteiger partial charge >= 0.3 is 11.9 Å². The van der Waals surface area contributed by atoms with E-state index in [1.807, 2.05) is 0 Å². The van der Waals surface area contributed by atoms with Crippen LogP contribution in [-0.2, 0) is 6.18 Å². The normalized spacial score (nSPS) is 11.9. The first kappa shape index (κ1) is 12.5. The number of hydrogen-bond donors (Lipinski definition) is 2. The fraction of sp³-hybridized carbons (Fsp3) is 0.0769. The highest BCUT2D eigenvalue weighted by molar-refractivity contribution is 5.77. The Bertz CT molecular complexity index is 832. The smallest absolute Gasteiger partial charge is 0.304 e. The standard InChI is InChI=1S/C13H8F3N3O/c14-13(15,16)9-3-1-2-7(4-9)8-5-10-11(17-6-8)19-12(20)18-10/h1-6H,(H2,17,18,19,20). The van der Waals surface area contributed by atoms with Crippen molar-refractivity contribution in [1.82, 2.24) is 15.0 Å². The molecule has 0 unspecified atom stereocenters. The molecule has 0 aliphatic rings. The fourth-order valence-electron chi connectivity index (χ4n) is 1.95. The zero-order valence-electron chi connectivity index (χ0n) is 9.95. The number of nitrogens with one attached hydrogen (secondary N) is 2. The van der Waals surface area contributed by atoms with E-state index in [0.717, 1.165) is 12.1 Å². The Hall–Kier alpha value is -2.57. The summed E-state index contributed by atoms with van der Waals surface area (Å²) in [5.41, 5.74) is 0.567. The molecule has 3 aromatic rings. The van der Waals surface area contributed by atoms with Crippen molar-refractivity contribution in [2.45, 2.75) is 6.18 Å². The van der Waals surface area contributed by atoms with Crippen LogP contribution in [0.1, 0.15) is 5.56 Å². The zero-order chi connectivity index (χ0) is 14.3. The van der Waals surface area contributed by atoms with E-state index in [2.05, 4.69) is 15.0 Å². The molecule has 0 radical (unpaired) electrons.